The Morgan fingerprint density at radius 2 is 2.07 bits per heavy atom. The van der Waals surface area contributed by atoms with Crippen LogP contribution >= 0.6 is 0 Å². The van der Waals surface area contributed by atoms with E-state index in [1.807, 2.05) is 23.7 Å². The molecule has 1 aliphatic heterocycles. The highest BCUT2D eigenvalue weighted by atomic mass is 16.3. The number of carbonyl (C=O) groups is 1. The average molecular weight is 378 g/mol. The predicted octanol–water partition coefficient (Wildman–Crippen LogP) is 3.36. The minimum atomic E-state index is -0.0781. The van der Waals surface area contributed by atoms with Gasteiger partial charge in [-0.15, -0.1) is 0 Å². The van der Waals surface area contributed by atoms with E-state index in [0.717, 1.165) is 48.8 Å². The number of amides is 1. The fourth-order valence-electron chi connectivity index (χ4n) is 3.88. The number of hydrogen-bond acceptors (Lipinski definition) is 4. The van der Waals surface area contributed by atoms with Crippen LogP contribution in [0.5, 0.6) is 0 Å². The zero-order chi connectivity index (χ0) is 19.5. The second kappa shape index (κ2) is 8.02. The van der Waals surface area contributed by atoms with Crippen LogP contribution in [0.1, 0.15) is 35.6 Å². The maximum atomic E-state index is 12.6. The molecule has 28 heavy (non-hydrogen) atoms. The number of benzene rings is 1. The van der Waals surface area contributed by atoms with Crippen molar-refractivity contribution in [2.45, 2.75) is 45.8 Å². The van der Waals surface area contributed by atoms with Gasteiger partial charge in [-0.3, -0.25) is 9.69 Å². The number of hydrogen-bond donors (Lipinski definition) is 1. The summed E-state index contributed by atoms with van der Waals surface area (Å²) < 4.78 is 7.25. The quantitative estimate of drug-likeness (QED) is 0.714. The van der Waals surface area contributed by atoms with Crippen LogP contribution in [0.3, 0.4) is 0 Å². The Bertz CT molecular complexity index is 928. The van der Waals surface area contributed by atoms with Gasteiger partial charge in [-0.05, 0) is 69.1 Å². The lowest BCUT2D eigenvalue weighted by atomic mass is 10.1. The summed E-state index contributed by atoms with van der Waals surface area (Å²) in [5.41, 5.74) is 4.40. The molecule has 6 nitrogen and oxygen atoms in total. The van der Waals surface area contributed by atoms with Gasteiger partial charge in [-0.1, -0.05) is 12.1 Å². The Balaban J connectivity index is 1.38. The molecule has 0 aliphatic carbocycles. The molecule has 3 aromatic rings. The molecule has 3 heterocycles. The third-order valence-corrected chi connectivity index (χ3v) is 5.26. The predicted molar refractivity (Wildman–Crippen MR) is 107 cm³/mol. The largest absolute Gasteiger partial charge is 0.467 e. The molecule has 0 saturated carbocycles. The van der Waals surface area contributed by atoms with Crippen LogP contribution in [0, 0.1) is 13.8 Å². The van der Waals surface area contributed by atoms with Crippen molar-refractivity contribution in [3.05, 3.63) is 71.4 Å². The van der Waals surface area contributed by atoms with E-state index in [1.165, 1.54) is 5.56 Å². The number of furan rings is 1. The molecule has 0 radical (unpaired) electrons. The van der Waals surface area contributed by atoms with Gasteiger partial charge in [0.1, 0.15) is 5.76 Å². The summed E-state index contributed by atoms with van der Waals surface area (Å²) in [7, 11) is 0. The van der Waals surface area contributed by atoms with Crippen molar-refractivity contribution in [2.24, 2.45) is 0 Å². The first-order valence-corrected chi connectivity index (χ1v) is 9.77. The van der Waals surface area contributed by atoms with Crippen molar-refractivity contribution in [1.29, 1.82) is 0 Å². The Morgan fingerprint density at radius 1 is 1.25 bits per heavy atom. The van der Waals surface area contributed by atoms with Crippen molar-refractivity contribution in [1.82, 2.24) is 20.0 Å². The monoisotopic (exact) mass is 378 g/mol. The number of likely N-dealkylation sites (tertiary alicyclic amines) is 1. The highest BCUT2D eigenvalue weighted by Gasteiger charge is 2.30. The van der Waals surface area contributed by atoms with E-state index in [9.17, 15) is 4.79 Å². The molecular weight excluding hydrogens is 352 g/mol. The fourth-order valence-corrected chi connectivity index (χ4v) is 3.88. The van der Waals surface area contributed by atoms with Gasteiger partial charge in [-0.2, -0.15) is 5.10 Å². The van der Waals surface area contributed by atoms with Gasteiger partial charge in [0.2, 0.25) is 5.91 Å². The summed E-state index contributed by atoms with van der Waals surface area (Å²) in [5, 5.41) is 7.53. The van der Waals surface area contributed by atoms with Gasteiger partial charge in [0.05, 0.1) is 30.2 Å². The maximum Gasteiger partial charge on any atom is 0.237 e. The first-order valence-electron chi connectivity index (χ1n) is 9.77. The molecule has 1 atom stereocenters. The minimum Gasteiger partial charge on any atom is -0.467 e. The molecule has 1 aromatic carbocycles. The van der Waals surface area contributed by atoms with Gasteiger partial charge in [-0.25, -0.2) is 4.68 Å². The van der Waals surface area contributed by atoms with Crippen LogP contribution in [-0.2, 0) is 17.9 Å². The van der Waals surface area contributed by atoms with Gasteiger partial charge >= 0.3 is 0 Å². The lowest BCUT2D eigenvalue weighted by Gasteiger charge is -2.23. The molecule has 0 spiro atoms. The average Bonchev–Trinajstić information content (AvgIpc) is 3.42. The summed E-state index contributed by atoms with van der Waals surface area (Å²) >= 11 is 0. The molecule has 0 bridgehead atoms. The first-order chi connectivity index (χ1) is 13.6. The maximum absolute atomic E-state index is 12.6. The second-order valence-electron chi connectivity index (χ2n) is 7.43. The highest BCUT2D eigenvalue weighted by molar-refractivity contribution is 5.81. The second-order valence-corrected chi connectivity index (χ2v) is 7.43. The molecular formula is C22H26N4O2. The van der Waals surface area contributed by atoms with Crippen LogP contribution in [0.25, 0.3) is 5.69 Å². The van der Waals surface area contributed by atoms with Crippen LogP contribution in [0.15, 0.2) is 53.1 Å². The van der Waals surface area contributed by atoms with Crippen LogP contribution in [0.2, 0.25) is 0 Å². The van der Waals surface area contributed by atoms with E-state index in [-0.39, 0.29) is 11.9 Å². The molecule has 2 aromatic heterocycles. The van der Waals surface area contributed by atoms with Crippen LogP contribution in [0.4, 0.5) is 0 Å². The zero-order valence-electron chi connectivity index (χ0n) is 16.4. The number of nitrogens with zero attached hydrogens (tertiary/aromatic N) is 3. The van der Waals surface area contributed by atoms with Crippen molar-refractivity contribution in [3.63, 3.8) is 0 Å². The number of carbonyl (C=O) groups excluding carboxylic acids is 1. The topological polar surface area (TPSA) is 63.3 Å². The lowest BCUT2D eigenvalue weighted by molar-refractivity contribution is -0.125. The Hall–Kier alpha value is -2.86. The fraction of sp³-hybridized carbons (Fsp3) is 0.364. The number of rotatable bonds is 6. The van der Waals surface area contributed by atoms with E-state index < -0.39 is 0 Å². The molecule has 4 rings (SSSR count). The normalized spacial score (nSPS) is 17.1. The number of nitrogens with one attached hydrogen (secondary N) is 1. The summed E-state index contributed by atoms with van der Waals surface area (Å²) in [5.74, 6) is 0.853. The Labute approximate surface area is 165 Å². The smallest absolute Gasteiger partial charge is 0.237 e. The summed E-state index contributed by atoms with van der Waals surface area (Å²) in [6, 6.07) is 14.1. The zero-order valence-corrected chi connectivity index (χ0v) is 16.4. The molecule has 6 heteroatoms. The van der Waals surface area contributed by atoms with Crippen molar-refractivity contribution >= 4 is 5.91 Å². The van der Waals surface area contributed by atoms with E-state index in [0.29, 0.717) is 6.54 Å². The highest BCUT2D eigenvalue weighted by Crippen LogP contribution is 2.21. The minimum absolute atomic E-state index is 0.0770. The van der Waals surface area contributed by atoms with Gasteiger partial charge in [0.15, 0.2) is 0 Å². The third-order valence-electron chi connectivity index (χ3n) is 5.26. The Morgan fingerprint density at radius 3 is 2.75 bits per heavy atom. The Kier molecular flexibility index (Phi) is 5.30. The van der Waals surface area contributed by atoms with Gasteiger partial charge < -0.3 is 9.73 Å². The molecule has 1 N–H and O–H groups in total. The van der Waals surface area contributed by atoms with Crippen LogP contribution < -0.4 is 5.32 Å². The summed E-state index contributed by atoms with van der Waals surface area (Å²) in [4.78, 5) is 14.9. The molecule has 146 valence electrons. The van der Waals surface area contributed by atoms with E-state index in [2.05, 4.69) is 52.6 Å². The van der Waals surface area contributed by atoms with Crippen molar-refractivity contribution in [3.8, 4) is 5.69 Å². The molecule has 1 aliphatic rings. The summed E-state index contributed by atoms with van der Waals surface area (Å²) in [6.07, 6.45) is 3.57. The molecule has 1 saturated heterocycles. The van der Waals surface area contributed by atoms with Crippen molar-refractivity contribution in [2.75, 3.05) is 6.54 Å². The first kappa shape index (κ1) is 18.5. The van der Waals surface area contributed by atoms with E-state index in [4.69, 9.17) is 4.42 Å². The van der Waals surface area contributed by atoms with Gasteiger partial charge in [0.25, 0.3) is 0 Å². The summed E-state index contributed by atoms with van der Waals surface area (Å²) in [6.45, 7) is 6.22. The number of aryl methyl sites for hydroxylation is 2. The molecule has 1 fully saturated rings. The third kappa shape index (κ3) is 4.02. The van der Waals surface area contributed by atoms with Crippen LogP contribution in [-0.4, -0.2) is 33.2 Å². The van der Waals surface area contributed by atoms with E-state index >= 15 is 0 Å². The SMILES string of the molecule is Cc1cc(C)n(-c2ccc(CN3CCC[C@@H]3C(=O)NCc3ccco3)cc2)n1. The lowest BCUT2D eigenvalue weighted by Crippen LogP contribution is -2.42. The van der Waals surface area contributed by atoms with E-state index in [1.54, 1.807) is 6.26 Å². The standard InChI is InChI=1S/C22H26N4O2/c1-16-13-17(2)26(24-16)19-9-7-18(8-10-19)15-25-11-3-6-21(25)22(27)23-14-20-5-4-12-28-20/h4-5,7-10,12-13,21H,3,6,11,14-15H2,1-2H3,(H,23,27)/t21-/m1/s1. The van der Waals surface area contributed by atoms with Crippen molar-refractivity contribution < 1.29 is 9.21 Å². The molecule has 1 amide bonds. The van der Waals surface area contributed by atoms with Gasteiger partial charge in [0, 0.05) is 12.2 Å². The number of aromatic nitrogens is 2. The molecule has 0 unspecified atom stereocenters.